The van der Waals surface area contributed by atoms with Crippen LogP contribution in [0.25, 0.3) is 0 Å². The Morgan fingerprint density at radius 1 is 0.786 bits per heavy atom. The summed E-state index contributed by atoms with van der Waals surface area (Å²) in [4.78, 5) is 0. The Kier molecular flexibility index (Phi) is 6.95. The van der Waals surface area contributed by atoms with Gasteiger partial charge in [-0.05, 0) is 10.8 Å². The maximum absolute atomic E-state index is 9.19. The van der Waals surface area contributed by atoms with Gasteiger partial charge in [-0.25, -0.2) is 10.3 Å². The third-order valence-corrected chi connectivity index (χ3v) is 1.50. The second kappa shape index (κ2) is 7.45. The van der Waals surface area contributed by atoms with Crippen LogP contribution in [0.4, 0.5) is 0 Å². The van der Waals surface area contributed by atoms with Crippen molar-refractivity contribution in [3.8, 4) is 0 Å². The summed E-state index contributed by atoms with van der Waals surface area (Å²) in [5.74, 6) is 0. The molecule has 1 rings (SSSR count). The average molecular weight is 232 g/mol. The molecule has 78 valence electrons. The molecule has 0 unspecified atom stereocenters. The van der Waals surface area contributed by atoms with E-state index in [4.69, 9.17) is 0 Å². The molecule has 0 spiro atoms. The van der Waals surface area contributed by atoms with Gasteiger partial charge in [0.05, 0.1) is 0 Å². The van der Waals surface area contributed by atoms with Crippen molar-refractivity contribution < 1.29 is 8.42 Å². The average Bonchev–Trinajstić information content (AvgIpc) is 2.14. The maximum atomic E-state index is 9.19. The minimum atomic E-state index is -3.67. The van der Waals surface area contributed by atoms with Crippen molar-refractivity contribution in [1.29, 1.82) is 0 Å². The number of rotatable bonds is 0. The number of nitrogens with two attached hydrogens (primary N) is 2. The topological polar surface area (TPSA) is 86.2 Å². The van der Waals surface area contributed by atoms with Gasteiger partial charge in [0.25, 0.3) is 10.2 Å². The van der Waals surface area contributed by atoms with Crippen molar-refractivity contribution in [2.75, 3.05) is 0 Å². The van der Waals surface area contributed by atoms with E-state index in [1.165, 1.54) is 0 Å². The summed E-state index contributed by atoms with van der Waals surface area (Å²) in [6, 6.07) is 12.1. The molecular weight excluding hydrogens is 220 g/mol. The lowest BCUT2D eigenvalue weighted by Crippen LogP contribution is -2.21. The van der Waals surface area contributed by atoms with Crippen LogP contribution in [0.3, 0.4) is 0 Å². The highest BCUT2D eigenvalue weighted by Crippen LogP contribution is 1.88. The van der Waals surface area contributed by atoms with E-state index in [0.717, 1.165) is 0 Å². The quantitative estimate of drug-likeness (QED) is 0.699. The van der Waals surface area contributed by atoms with Gasteiger partial charge in [-0.2, -0.15) is 19.8 Å². The van der Waals surface area contributed by atoms with Gasteiger partial charge in [-0.15, -0.1) is 0 Å². The molecule has 14 heavy (non-hydrogen) atoms. The van der Waals surface area contributed by atoms with E-state index in [0.29, 0.717) is 0 Å². The maximum Gasteiger partial charge on any atom is 0.271 e. The summed E-state index contributed by atoms with van der Waals surface area (Å²) in [5, 5.41) is 12.3. The molecule has 0 radical (unpaired) electrons. The Balaban J connectivity index is 0.000000292. The zero-order valence-corrected chi connectivity index (χ0v) is 9.04. The monoisotopic (exact) mass is 232 g/mol. The van der Waals surface area contributed by atoms with Crippen LogP contribution in [-0.4, -0.2) is 8.42 Å². The van der Waals surface area contributed by atoms with Crippen molar-refractivity contribution in [2.24, 2.45) is 10.3 Å². The van der Waals surface area contributed by atoms with E-state index in [2.05, 4.69) is 10.3 Å². The lowest BCUT2D eigenvalue weighted by molar-refractivity contribution is 0.599. The highest BCUT2D eigenvalue weighted by atomic mass is 32.2. The molecule has 0 aromatic carbocycles. The van der Waals surface area contributed by atoms with Gasteiger partial charge in [0, 0.05) is 0 Å². The van der Waals surface area contributed by atoms with Gasteiger partial charge in [0.15, 0.2) is 0 Å². The lowest BCUT2D eigenvalue weighted by atomic mass is 10.5. The molecule has 0 amide bonds. The highest BCUT2D eigenvalue weighted by Gasteiger charge is 1.78. The molecule has 0 saturated heterocycles. The third-order valence-electron chi connectivity index (χ3n) is 0.870. The van der Waals surface area contributed by atoms with E-state index in [1.54, 1.807) is 11.3 Å². The predicted octanol–water partition coefficient (Wildman–Crippen LogP) is 1.02. The zero-order valence-electron chi connectivity index (χ0n) is 7.41. The molecule has 0 aliphatic rings. The van der Waals surface area contributed by atoms with Gasteiger partial charge in [-0.3, -0.25) is 0 Å². The van der Waals surface area contributed by atoms with Gasteiger partial charge >= 0.3 is 0 Å². The van der Waals surface area contributed by atoms with Crippen molar-refractivity contribution in [3.05, 3.63) is 47.2 Å². The van der Waals surface area contributed by atoms with Crippen LogP contribution in [0.5, 0.6) is 0 Å². The molecule has 1 aromatic rings. The normalized spacial score (nSPS) is 9.29. The van der Waals surface area contributed by atoms with E-state index in [1.807, 2.05) is 47.2 Å². The molecule has 1 heterocycles. The van der Waals surface area contributed by atoms with Crippen molar-refractivity contribution in [1.82, 2.24) is 0 Å². The van der Waals surface area contributed by atoms with Crippen molar-refractivity contribution >= 4 is 21.5 Å². The molecule has 0 atom stereocenters. The first-order valence-electron chi connectivity index (χ1n) is 3.61. The molecule has 0 bridgehead atoms. The molecule has 4 nitrogen and oxygen atoms in total. The van der Waals surface area contributed by atoms with Crippen LogP contribution in [0, 0.1) is 0 Å². The Morgan fingerprint density at radius 3 is 1.43 bits per heavy atom. The summed E-state index contributed by atoms with van der Waals surface area (Å²) in [7, 11) is -3.67. The fraction of sp³-hybridized carbons (Fsp3) is 0. The Bertz CT molecular complexity index is 303. The van der Waals surface area contributed by atoms with Gasteiger partial charge < -0.3 is 0 Å². The summed E-state index contributed by atoms with van der Waals surface area (Å²) in [6.07, 6.45) is 0. The summed E-state index contributed by atoms with van der Waals surface area (Å²) in [5.41, 5.74) is 0. The molecule has 1 aromatic heterocycles. The van der Waals surface area contributed by atoms with Crippen LogP contribution in [0.2, 0.25) is 0 Å². The van der Waals surface area contributed by atoms with Crippen molar-refractivity contribution in [2.45, 2.75) is 0 Å². The number of hydrogen-bond donors (Lipinski definition) is 2. The van der Waals surface area contributed by atoms with Crippen LogP contribution in [0.15, 0.2) is 47.2 Å². The molecule has 0 aliphatic heterocycles. The van der Waals surface area contributed by atoms with Gasteiger partial charge in [-0.1, -0.05) is 36.4 Å². The van der Waals surface area contributed by atoms with E-state index >= 15 is 0 Å². The first-order valence-corrected chi connectivity index (χ1v) is 6.16. The first kappa shape index (κ1) is 13.1. The van der Waals surface area contributed by atoms with Crippen LogP contribution in [-0.2, 0) is 10.2 Å². The fourth-order valence-electron chi connectivity index (χ4n) is 0.483. The largest absolute Gasteiger partial charge is 0.271 e. The minimum Gasteiger partial charge on any atom is -0.216 e. The lowest BCUT2D eigenvalue weighted by Gasteiger charge is -1.72. The van der Waals surface area contributed by atoms with E-state index in [-0.39, 0.29) is 0 Å². The summed E-state index contributed by atoms with van der Waals surface area (Å²) < 4.78 is 18.4. The molecule has 6 heteroatoms. The van der Waals surface area contributed by atoms with E-state index < -0.39 is 10.2 Å². The molecule has 0 aliphatic carbocycles. The summed E-state index contributed by atoms with van der Waals surface area (Å²) >= 11 is 1.68. The third kappa shape index (κ3) is 17.2. The number of hydrogen-bond acceptors (Lipinski definition) is 3. The van der Waals surface area contributed by atoms with Gasteiger partial charge in [0.2, 0.25) is 0 Å². The van der Waals surface area contributed by atoms with Crippen LogP contribution < -0.4 is 10.3 Å². The summed E-state index contributed by atoms with van der Waals surface area (Å²) in [6.45, 7) is 0. The Labute approximate surface area is 87.7 Å². The van der Waals surface area contributed by atoms with E-state index in [9.17, 15) is 8.42 Å². The SMILES string of the molecule is NS(N)(=O)=O.c1ccccsccc1. The predicted molar refractivity (Wildman–Crippen MR) is 59.2 cm³/mol. The fourth-order valence-corrected chi connectivity index (χ4v) is 0.937. The Hall–Kier alpha value is -0.950. The van der Waals surface area contributed by atoms with Crippen LogP contribution >= 0.6 is 11.3 Å². The molecule has 0 saturated carbocycles. The first-order chi connectivity index (χ1) is 6.50. The second-order valence-electron chi connectivity index (χ2n) is 2.15. The zero-order chi connectivity index (χ0) is 10.9. The molecule has 0 fully saturated rings. The van der Waals surface area contributed by atoms with Crippen LogP contribution in [0.1, 0.15) is 0 Å². The Morgan fingerprint density at radius 2 is 1.07 bits per heavy atom. The highest BCUT2D eigenvalue weighted by molar-refractivity contribution is 7.86. The van der Waals surface area contributed by atoms with Crippen molar-refractivity contribution in [3.63, 3.8) is 0 Å². The standard InChI is InChI=1S/C8H8S.H4N2O2S/c1-2-4-6-8-9-7-5-3-1;1-5(2,3)4/h1-8H;(H4,1,2,3,4). The molecular formula is C8H12N2O2S2. The molecule has 4 N–H and O–H groups in total. The minimum absolute atomic E-state index is 1.68. The van der Waals surface area contributed by atoms with Gasteiger partial charge in [0.1, 0.15) is 0 Å². The smallest absolute Gasteiger partial charge is 0.216 e. The second-order valence-corrected chi connectivity index (χ2v) is 4.15.